The van der Waals surface area contributed by atoms with Gasteiger partial charge in [0.1, 0.15) is 18.3 Å². The SMILES string of the molecule is C=C(C)C(=O)C(O)Cn1c(=O)n(CC(O)C(=O)C(=C)C)c(=O)n(CC(O)C(=O)C(=C)C)c1=O. The normalized spacial score (nSPS) is 13.6. The van der Waals surface area contributed by atoms with E-state index in [0.717, 1.165) is 0 Å². The van der Waals surface area contributed by atoms with E-state index in [1.807, 2.05) is 0 Å². The van der Waals surface area contributed by atoms with Crippen molar-refractivity contribution in [1.82, 2.24) is 13.7 Å². The summed E-state index contributed by atoms with van der Waals surface area (Å²) in [7, 11) is 0. The van der Waals surface area contributed by atoms with Crippen molar-refractivity contribution in [2.45, 2.75) is 58.7 Å². The Morgan fingerprint density at radius 1 is 0.606 bits per heavy atom. The minimum Gasteiger partial charge on any atom is -0.383 e. The maximum absolute atomic E-state index is 12.8. The van der Waals surface area contributed by atoms with Crippen LogP contribution in [0.15, 0.2) is 50.8 Å². The first kappa shape index (κ1) is 27.6. The molecule has 33 heavy (non-hydrogen) atoms. The molecule has 0 aliphatic carbocycles. The summed E-state index contributed by atoms with van der Waals surface area (Å²) in [5, 5.41) is 30.3. The number of hydrogen-bond donors (Lipinski definition) is 3. The van der Waals surface area contributed by atoms with Crippen LogP contribution in [0.25, 0.3) is 0 Å². The number of ketones is 3. The summed E-state index contributed by atoms with van der Waals surface area (Å²) < 4.78 is 0.967. The Labute approximate surface area is 188 Å². The molecular formula is C21H27N3O9. The number of aromatic nitrogens is 3. The largest absolute Gasteiger partial charge is 0.383 e. The lowest BCUT2D eigenvalue weighted by Crippen LogP contribution is -2.58. The minimum atomic E-state index is -1.88. The molecule has 0 aromatic carbocycles. The number of aliphatic hydroxyl groups is 3. The fourth-order valence-electron chi connectivity index (χ4n) is 2.77. The third-order valence-electron chi connectivity index (χ3n) is 4.62. The molecule has 0 saturated heterocycles. The van der Waals surface area contributed by atoms with Gasteiger partial charge in [0.25, 0.3) is 0 Å². The van der Waals surface area contributed by atoms with E-state index in [9.17, 15) is 44.1 Å². The zero-order valence-electron chi connectivity index (χ0n) is 18.6. The van der Waals surface area contributed by atoms with Crippen molar-refractivity contribution in [2.75, 3.05) is 0 Å². The van der Waals surface area contributed by atoms with E-state index >= 15 is 0 Å². The second-order valence-corrected chi connectivity index (χ2v) is 7.66. The highest BCUT2D eigenvalue weighted by molar-refractivity contribution is 5.98. The first-order chi connectivity index (χ1) is 15.1. The molecule has 0 radical (unpaired) electrons. The van der Waals surface area contributed by atoms with E-state index in [0.29, 0.717) is 13.7 Å². The molecule has 0 aliphatic heterocycles. The van der Waals surface area contributed by atoms with Crippen molar-refractivity contribution < 1.29 is 29.7 Å². The van der Waals surface area contributed by atoms with Crippen LogP contribution in [-0.2, 0) is 34.0 Å². The highest BCUT2D eigenvalue weighted by atomic mass is 16.3. The molecule has 0 aliphatic rings. The van der Waals surface area contributed by atoms with Crippen LogP contribution in [0.2, 0.25) is 0 Å². The zero-order valence-corrected chi connectivity index (χ0v) is 18.6. The molecule has 180 valence electrons. The summed E-state index contributed by atoms with van der Waals surface area (Å²) in [5.41, 5.74) is -4.17. The number of nitrogens with zero attached hydrogens (tertiary/aromatic N) is 3. The predicted molar refractivity (Wildman–Crippen MR) is 117 cm³/mol. The Bertz CT molecular complexity index is 1020. The quantitative estimate of drug-likeness (QED) is 0.286. The second kappa shape index (κ2) is 10.9. The molecule has 1 aromatic heterocycles. The van der Waals surface area contributed by atoms with E-state index in [1.54, 1.807) is 0 Å². The molecule has 0 amide bonds. The Balaban J connectivity index is 3.72. The van der Waals surface area contributed by atoms with Crippen LogP contribution in [0.1, 0.15) is 20.8 Å². The maximum atomic E-state index is 12.8. The fraction of sp³-hybridized carbons (Fsp3) is 0.429. The Morgan fingerprint density at radius 3 is 0.939 bits per heavy atom. The summed E-state index contributed by atoms with van der Waals surface area (Å²) in [6, 6.07) is 0. The molecule has 0 bridgehead atoms. The number of aliphatic hydroxyl groups excluding tert-OH is 3. The summed E-state index contributed by atoms with van der Waals surface area (Å²) in [5.74, 6) is -2.62. The van der Waals surface area contributed by atoms with Gasteiger partial charge in [-0.15, -0.1) is 0 Å². The molecule has 0 spiro atoms. The van der Waals surface area contributed by atoms with Gasteiger partial charge in [-0.25, -0.2) is 28.1 Å². The molecule has 12 heteroatoms. The van der Waals surface area contributed by atoms with Crippen molar-refractivity contribution in [3.05, 3.63) is 67.9 Å². The predicted octanol–water partition coefficient (Wildman–Crippen LogP) is -2.31. The highest BCUT2D eigenvalue weighted by Gasteiger charge is 2.26. The lowest BCUT2D eigenvalue weighted by atomic mass is 10.1. The van der Waals surface area contributed by atoms with Crippen molar-refractivity contribution in [2.24, 2.45) is 0 Å². The van der Waals surface area contributed by atoms with Crippen molar-refractivity contribution in [1.29, 1.82) is 0 Å². The van der Waals surface area contributed by atoms with Gasteiger partial charge in [-0.1, -0.05) is 19.7 Å². The molecule has 1 aromatic rings. The van der Waals surface area contributed by atoms with E-state index in [2.05, 4.69) is 19.7 Å². The summed E-state index contributed by atoms with van der Waals surface area (Å²) in [6.07, 6.45) is -5.64. The monoisotopic (exact) mass is 465 g/mol. The Morgan fingerprint density at radius 2 is 0.788 bits per heavy atom. The summed E-state index contributed by atoms with van der Waals surface area (Å²) >= 11 is 0. The van der Waals surface area contributed by atoms with Gasteiger partial charge < -0.3 is 15.3 Å². The molecular weight excluding hydrogens is 438 g/mol. The number of hydrogen-bond acceptors (Lipinski definition) is 9. The third-order valence-corrected chi connectivity index (χ3v) is 4.62. The van der Waals surface area contributed by atoms with Crippen LogP contribution in [0.5, 0.6) is 0 Å². The van der Waals surface area contributed by atoms with Crippen LogP contribution < -0.4 is 17.1 Å². The third kappa shape index (κ3) is 6.28. The van der Waals surface area contributed by atoms with E-state index in [1.165, 1.54) is 20.8 Å². The number of rotatable bonds is 12. The number of carbonyl (C=O) groups is 3. The molecule has 3 atom stereocenters. The van der Waals surface area contributed by atoms with Gasteiger partial charge in [0.05, 0.1) is 19.6 Å². The number of carbonyl (C=O) groups excluding carboxylic acids is 3. The van der Waals surface area contributed by atoms with Crippen LogP contribution in [0.4, 0.5) is 0 Å². The number of Topliss-reactive ketones (excluding diaryl/α,β-unsaturated/α-hetero) is 3. The Hall–Kier alpha value is -3.48. The van der Waals surface area contributed by atoms with Crippen molar-refractivity contribution in [3.63, 3.8) is 0 Å². The zero-order chi connectivity index (χ0) is 25.8. The minimum absolute atomic E-state index is 0.0610. The summed E-state index contributed by atoms with van der Waals surface area (Å²) in [6.45, 7) is 11.3. The first-order valence-electron chi connectivity index (χ1n) is 9.69. The van der Waals surface area contributed by atoms with Gasteiger partial charge in [0, 0.05) is 0 Å². The van der Waals surface area contributed by atoms with Crippen LogP contribution in [0, 0.1) is 0 Å². The maximum Gasteiger partial charge on any atom is 0.336 e. The standard InChI is InChI=1S/C21H27N3O9/c1-10(2)16(28)13(25)7-22-19(31)23(8-14(26)17(29)11(3)4)21(33)24(20(22)32)9-15(27)18(30)12(5)6/h13-15,25-27H,1,3,5,7-9H2,2,4,6H3. The average Bonchev–Trinajstić information content (AvgIpc) is 2.74. The van der Waals surface area contributed by atoms with Gasteiger partial charge >= 0.3 is 17.1 Å². The Kier molecular flexibility index (Phi) is 9.10. The fourth-order valence-corrected chi connectivity index (χ4v) is 2.77. The lowest BCUT2D eigenvalue weighted by molar-refractivity contribution is -0.124. The lowest BCUT2D eigenvalue weighted by Gasteiger charge is -2.18. The molecule has 0 saturated carbocycles. The molecule has 3 unspecified atom stereocenters. The van der Waals surface area contributed by atoms with E-state index in [4.69, 9.17) is 0 Å². The van der Waals surface area contributed by atoms with E-state index < -0.39 is 72.4 Å². The summed E-state index contributed by atoms with van der Waals surface area (Å²) in [4.78, 5) is 74.4. The molecule has 0 fully saturated rings. The van der Waals surface area contributed by atoms with Crippen LogP contribution in [-0.4, -0.2) is 64.7 Å². The first-order valence-corrected chi connectivity index (χ1v) is 9.69. The van der Waals surface area contributed by atoms with Crippen molar-refractivity contribution >= 4 is 17.3 Å². The van der Waals surface area contributed by atoms with Gasteiger partial charge in [0.2, 0.25) is 0 Å². The van der Waals surface area contributed by atoms with Gasteiger partial charge in [-0.05, 0) is 37.5 Å². The highest BCUT2D eigenvalue weighted by Crippen LogP contribution is 2.01. The molecule has 3 N–H and O–H groups in total. The van der Waals surface area contributed by atoms with Gasteiger partial charge in [-0.3, -0.25) is 14.4 Å². The van der Waals surface area contributed by atoms with Gasteiger partial charge in [0.15, 0.2) is 17.3 Å². The molecule has 1 heterocycles. The molecule has 12 nitrogen and oxygen atoms in total. The van der Waals surface area contributed by atoms with Crippen LogP contribution in [0.3, 0.4) is 0 Å². The van der Waals surface area contributed by atoms with Crippen LogP contribution >= 0.6 is 0 Å². The topological polar surface area (TPSA) is 178 Å². The van der Waals surface area contributed by atoms with Crippen molar-refractivity contribution in [3.8, 4) is 0 Å². The smallest absolute Gasteiger partial charge is 0.336 e. The second-order valence-electron chi connectivity index (χ2n) is 7.66. The average molecular weight is 465 g/mol. The van der Waals surface area contributed by atoms with E-state index in [-0.39, 0.29) is 16.7 Å². The van der Waals surface area contributed by atoms with Gasteiger partial charge in [-0.2, -0.15) is 0 Å². The molecule has 1 rings (SSSR count).